The molecule has 2 aromatic carbocycles. The van der Waals surface area contributed by atoms with E-state index in [1.807, 2.05) is 29.1 Å². The second-order valence-corrected chi connectivity index (χ2v) is 10.4. The van der Waals surface area contributed by atoms with Gasteiger partial charge in [0, 0.05) is 36.0 Å². The largest absolute Gasteiger partial charge is 0.378 e. The number of carbonyl (C=O) groups is 1. The number of pyridine rings is 1. The first-order valence-electron chi connectivity index (χ1n) is 12.2. The van der Waals surface area contributed by atoms with Gasteiger partial charge in [-0.15, -0.1) is 0 Å². The fourth-order valence-corrected chi connectivity index (χ4v) is 6.83. The van der Waals surface area contributed by atoms with Crippen molar-refractivity contribution < 1.29 is 9.53 Å². The maximum Gasteiger partial charge on any atom is 0.252 e. The molecule has 1 spiro atoms. The van der Waals surface area contributed by atoms with Crippen molar-refractivity contribution in [3.05, 3.63) is 99.9 Å². The number of fused-ring (bicyclic) bond motifs is 3. The van der Waals surface area contributed by atoms with E-state index in [0.717, 1.165) is 38.0 Å². The number of para-hydroxylation sites is 1. The summed E-state index contributed by atoms with van der Waals surface area (Å²) in [4.78, 5) is 20.2. The summed E-state index contributed by atoms with van der Waals surface area (Å²) in [7, 11) is 1.79. The highest BCUT2D eigenvalue weighted by molar-refractivity contribution is 7.08. The summed E-state index contributed by atoms with van der Waals surface area (Å²) in [5.74, 6) is -0.0361. The molecule has 35 heavy (non-hydrogen) atoms. The first kappa shape index (κ1) is 22.4. The average Bonchev–Trinajstić information content (AvgIpc) is 3.52. The van der Waals surface area contributed by atoms with Gasteiger partial charge in [0.05, 0.1) is 23.2 Å². The lowest BCUT2D eigenvalue weighted by Crippen LogP contribution is -2.50. The molecule has 178 valence electrons. The third-order valence-corrected chi connectivity index (χ3v) is 8.55. The standard InChI is InChI=1S/C29H29N3O2S/c1-34-27-26(31-28(33)22-11-17-35-19-22)23-9-2-3-10-24(23)29(27)12-15-32(16-13-29)18-21-7-4-6-20-8-5-14-30-25(20)21/h2-11,14,17,19,26-27H,12-13,15-16,18H2,1H3,(H,31,33)/t26-,27+/m1/s1. The second-order valence-electron chi connectivity index (χ2n) is 9.63. The molecule has 2 atom stereocenters. The molecule has 1 aliphatic heterocycles. The lowest BCUT2D eigenvalue weighted by molar-refractivity contribution is -0.0121. The van der Waals surface area contributed by atoms with Crippen LogP contribution >= 0.6 is 11.3 Å². The van der Waals surface area contributed by atoms with Gasteiger partial charge in [0.15, 0.2) is 0 Å². The number of rotatable bonds is 5. The van der Waals surface area contributed by atoms with Crippen LogP contribution in [0.15, 0.2) is 77.6 Å². The monoisotopic (exact) mass is 483 g/mol. The molecule has 2 aromatic heterocycles. The van der Waals surface area contributed by atoms with Gasteiger partial charge < -0.3 is 10.1 Å². The Morgan fingerprint density at radius 3 is 2.74 bits per heavy atom. The topological polar surface area (TPSA) is 54.5 Å². The maximum absolute atomic E-state index is 13.0. The van der Waals surface area contributed by atoms with Gasteiger partial charge in [0.2, 0.25) is 0 Å². The van der Waals surface area contributed by atoms with E-state index in [9.17, 15) is 4.79 Å². The molecule has 1 N–H and O–H groups in total. The Morgan fingerprint density at radius 1 is 1.11 bits per heavy atom. The van der Waals surface area contributed by atoms with Gasteiger partial charge in [0.25, 0.3) is 5.91 Å². The SMILES string of the molecule is CO[C@H]1[C@H](NC(=O)c2ccsc2)c2ccccc2C12CCN(Cc1cccc3cccnc13)CC2. The Hall–Kier alpha value is -3.06. The Kier molecular flexibility index (Phi) is 5.88. The fraction of sp³-hybridized carbons (Fsp3) is 0.310. The van der Waals surface area contributed by atoms with Gasteiger partial charge in [-0.05, 0) is 60.1 Å². The minimum absolute atomic E-state index is 0.0361. The summed E-state index contributed by atoms with van der Waals surface area (Å²) >= 11 is 1.54. The van der Waals surface area contributed by atoms with Crippen molar-refractivity contribution in [1.29, 1.82) is 0 Å². The molecule has 6 heteroatoms. The first-order valence-corrected chi connectivity index (χ1v) is 13.1. The summed E-state index contributed by atoms with van der Waals surface area (Å²) in [5.41, 5.74) is 5.48. The molecule has 1 amide bonds. The van der Waals surface area contributed by atoms with E-state index < -0.39 is 0 Å². The third kappa shape index (κ3) is 3.86. The molecule has 4 aromatic rings. The number of benzene rings is 2. The number of likely N-dealkylation sites (tertiary alicyclic amines) is 1. The van der Waals surface area contributed by atoms with Crippen molar-refractivity contribution in [3.8, 4) is 0 Å². The Morgan fingerprint density at radius 2 is 1.94 bits per heavy atom. The number of nitrogens with one attached hydrogen (secondary N) is 1. The molecule has 0 radical (unpaired) electrons. The van der Waals surface area contributed by atoms with Crippen LogP contribution in [0.2, 0.25) is 0 Å². The molecule has 6 rings (SSSR count). The second kappa shape index (κ2) is 9.19. The quantitative estimate of drug-likeness (QED) is 0.417. The van der Waals surface area contributed by atoms with Crippen molar-refractivity contribution in [2.45, 2.75) is 36.9 Å². The van der Waals surface area contributed by atoms with Crippen molar-refractivity contribution in [2.75, 3.05) is 20.2 Å². The van der Waals surface area contributed by atoms with E-state index in [2.05, 4.69) is 63.7 Å². The number of ether oxygens (including phenoxy) is 1. The summed E-state index contributed by atoms with van der Waals surface area (Å²) in [6, 6.07) is 20.9. The van der Waals surface area contributed by atoms with Crippen LogP contribution in [0, 0.1) is 0 Å². The van der Waals surface area contributed by atoms with Crippen LogP contribution in [0.25, 0.3) is 10.9 Å². The van der Waals surface area contributed by atoms with Gasteiger partial charge in [-0.1, -0.05) is 48.5 Å². The normalized spacial score (nSPS) is 21.3. The number of piperidine rings is 1. The van der Waals surface area contributed by atoms with Gasteiger partial charge >= 0.3 is 0 Å². The highest BCUT2D eigenvalue weighted by Crippen LogP contribution is 2.52. The first-order chi connectivity index (χ1) is 17.2. The van der Waals surface area contributed by atoms with Crippen LogP contribution < -0.4 is 5.32 Å². The van der Waals surface area contributed by atoms with E-state index in [0.29, 0.717) is 5.56 Å². The highest BCUT2D eigenvalue weighted by Gasteiger charge is 2.54. The van der Waals surface area contributed by atoms with Crippen LogP contribution in [0.4, 0.5) is 0 Å². The molecule has 3 heterocycles. The van der Waals surface area contributed by atoms with Crippen LogP contribution in [0.3, 0.4) is 0 Å². The van der Waals surface area contributed by atoms with Crippen LogP contribution in [0.1, 0.15) is 45.9 Å². The number of thiophene rings is 1. The lowest BCUT2D eigenvalue weighted by Gasteiger charge is -2.44. The summed E-state index contributed by atoms with van der Waals surface area (Å²) in [5, 5.41) is 8.32. The molecule has 5 nitrogen and oxygen atoms in total. The molecule has 2 aliphatic rings. The molecular formula is C29H29N3O2S. The van der Waals surface area contributed by atoms with Crippen molar-refractivity contribution >= 4 is 28.1 Å². The zero-order valence-electron chi connectivity index (χ0n) is 19.8. The highest BCUT2D eigenvalue weighted by atomic mass is 32.1. The number of methoxy groups -OCH3 is 1. The summed E-state index contributed by atoms with van der Waals surface area (Å²) in [6.45, 7) is 2.84. The molecule has 1 aliphatic carbocycles. The number of carbonyl (C=O) groups excluding carboxylic acids is 1. The van der Waals surface area contributed by atoms with Gasteiger partial charge in [-0.2, -0.15) is 11.3 Å². The van der Waals surface area contributed by atoms with E-state index in [1.165, 1.54) is 33.4 Å². The molecule has 0 unspecified atom stereocenters. The van der Waals surface area contributed by atoms with E-state index in [1.54, 1.807) is 7.11 Å². The number of nitrogens with zero attached hydrogens (tertiary/aromatic N) is 2. The van der Waals surface area contributed by atoms with Gasteiger partial charge in [-0.25, -0.2) is 0 Å². The van der Waals surface area contributed by atoms with Crippen LogP contribution in [-0.2, 0) is 16.7 Å². The van der Waals surface area contributed by atoms with E-state index in [-0.39, 0.29) is 23.5 Å². The molecule has 1 saturated heterocycles. The van der Waals surface area contributed by atoms with Crippen LogP contribution in [0.5, 0.6) is 0 Å². The van der Waals surface area contributed by atoms with Crippen molar-refractivity contribution in [2.24, 2.45) is 0 Å². The predicted octanol–water partition coefficient (Wildman–Crippen LogP) is 5.33. The van der Waals surface area contributed by atoms with E-state index >= 15 is 0 Å². The summed E-state index contributed by atoms with van der Waals surface area (Å²) < 4.78 is 6.19. The third-order valence-electron chi connectivity index (χ3n) is 7.86. The molecular weight excluding hydrogens is 454 g/mol. The Bertz CT molecular complexity index is 1340. The molecule has 1 fully saturated rings. The predicted molar refractivity (Wildman–Crippen MR) is 140 cm³/mol. The molecule has 0 saturated carbocycles. The smallest absolute Gasteiger partial charge is 0.252 e. The lowest BCUT2D eigenvalue weighted by atomic mass is 9.71. The minimum Gasteiger partial charge on any atom is -0.378 e. The Labute approximate surface area is 209 Å². The fourth-order valence-electron chi connectivity index (χ4n) is 6.19. The Balaban J connectivity index is 1.25. The summed E-state index contributed by atoms with van der Waals surface area (Å²) in [6.07, 6.45) is 3.76. The average molecular weight is 484 g/mol. The zero-order chi connectivity index (χ0) is 23.8. The molecule has 0 bridgehead atoms. The number of amides is 1. The van der Waals surface area contributed by atoms with Gasteiger partial charge in [0.1, 0.15) is 0 Å². The van der Waals surface area contributed by atoms with E-state index in [4.69, 9.17) is 4.74 Å². The maximum atomic E-state index is 13.0. The number of hydrogen-bond acceptors (Lipinski definition) is 5. The van der Waals surface area contributed by atoms with Crippen LogP contribution in [-0.4, -0.2) is 42.1 Å². The minimum atomic E-state index is -0.155. The number of aromatic nitrogens is 1. The van der Waals surface area contributed by atoms with Crippen molar-refractivity contribution in [1.82, 2.24) is 15.2 Å². The van der Waals surface area contributed by atoms with Crippen molar-refractivity contribution in [3.63, 3.8) is 0 Å². The van der Waals surface area contributed by atoms with Gasteiger partial charge in [-0.3, -0.25) is 14.7 Å². The number of hydrogen-bond donors (Lipinski definition) is 1. The zero-order valence-corrected chi connectivity index (χ0v) is 20.6.